The van der Waals surface area contributed by atoms with Crippen molar-refractivity contribution in [3.05, 3.63) is 41.6 Å². The molecule has 0 unspecified atom stereocenters. The summed E-state index contributed by atoms with van der Waals surface area (Å²) in [5.41, 5.74) is 1.05. The molecule has 130 valence electrons. The molecule has 1 atom stereocenters. The van der Waals surface area contributed by atoms with Crippen LogP contribution in [0.5, 0.6) is 0 Å². The van der Waals surface area contributed by atoms with E-state index in [4.69, 9.17) is 4.74 Å². The Hall–Kier alpha value is -1.73. The minimum Gasteiger partial charge on any atom is -0.373 e. The second-order valence-corrected chi connectivity index (χ2v) is 8.31. The molecule has 0 bridgehead atoms. The Morgan fingerprint density at radius 1 is 1.33 bits per heavy atom. The molecule has 0 spiro atoms. The summed E-state index contributed by atoms with van der Waals surface area (Å²) in [5.74, 6) is -0.0850. The van der Waals surface area contributed by atoms with E-state index in [1.54, 1.807) is 18.5 Å². The van der Waals surface area contributed by atoms with Gasteiger partial charge in [0.15, 0.2) is 9.84 Å². The second kappa shape index (κ2) is 7.44. The standard InChI is InChI=1S/C17H22N2O4S/c20-17(10-14-5-9-24(21,22)13-14)19-7-3-16(4-8-19)23-12-15-2-1-6-18-11-15/h1-2,5-6,9,11,14,16H,3-4,7-8,10,12-13H2/t14-/m0/s1. The Kier molecular flexibility index (Phi) is 5.30. The molecule has 24 heavy (non-hydrogen) atoms. The van der Waals surface area contributed by atoms with Gasteiger partial charge in [-0.2, -0.15) is 0 Å². The number of hydrogen-bond donors (Lipinski definition) is 0. The number of likely N-dealkylation sites (tertiary alicyclic amines) is 1. The number of pyridine rings is 1. The average molecular weight is 350 g/mol. The maximum atomic E-state index is 12.3. The normalized spacial score (nSPS) is 23.5. The molecule has 3 rings (SSSR count). The second-order valence-electron chi connectivity index (χ2n) is 6.37. The maximum Gasteiger partial charge on any atom is 0.223 e. The minimum atomic E-state index is -3.09. The van der Waals surface area contributed by atoms with Gasteiger partial charge in [-0.05, 0) is 24.5 Å². The largest absolute Gasteiger partial charge is 0.373 e. The topological polar surface area (TPSA) is 76.6 Å². The van der Waals surface area contributed by atoms with Crippen LogP contribution < -0.4 is 0 Å². The summed E-state index contributed by atoms with van der Waals surface area (Å²) < 4.78 is 28.7. The molecule has 0 aromatic carbocycles. The first-order valence-electron chi connectivity index (χ1n) is 8.21. The van der Waals surface area contributed by atoms with E-state index in [1.165, 1.54) is 5.41 Å². The van der Waals surface area contributed by atoms with Gasteiger partial charge >= 0.3 is 0 Å². The van der Waals surface area contributed by atoms with Gasteiger partial charge in [0.2, 0.25) is 5.91 Å². The first kappa shape index (κ1) is 17.1. The summed E-state index contributed by atoms with van der Waals surface area (Å²) in [6, 6.07) is 3.87. The smallest absolute Gasteiger partial charge is 0.223 e. The Labute approximate surface area is 142 Å². The molecular formula is C17H22N2O4S. The quantitative estimate of drug-likeness (QED) is 0.805. The van der Waals surface area contributed by atoms with E-state index < -0.39 is 9.84 Å². The van der Waals surface area contributed by atoms with Crippen molar-refractivity contribution >= 4 is 15.7 Å². The molecule has 0 saturated carbocycles. The van der Waals surface area contributed by atoms with Gasteiger partial charge < -0.3 is 9.64 Å². The molecule has 7 heteroatoms. The Morgan fingerprint density at radius 3 is 2.75 bits per heavy atom. The summed E-state index contributed by atoms with van der Waals surface area (Å²) in [6.45, 7) is 1.87. The Morgan fingerprint density at radius 2 is 2.12 bits per heavy atom. The molecular weight excluding hydrogens is 328 g/mol. The number of carbonyl (C=O) groups excluding carboxylic acids is 1. The van der Waals surface area contributed by atoms with Crippen LogP contribution in [0.15, 0.2) is 36.0 Å². The number of rotatable bonds is 5. The van der Waals surface area contributed by atoms with Crippen molar-refractivity contribution in [3.8, 4) is 0 Å². The highest BCUT2D eigenvalue weighted by atomic mass is 32.2. The van der Waals surface area contributed by atoms with Crippen LogP contribution in [0, 0.1) is 5.92 Å². The lowest BCUT2D eigenvalue weighted by atomic mass is 10.0. The summed E-state index contributed by atoms with van der Waals surface area (Å²) in [4.78, 5) is 18.2. The third-order valence-electron chi connectivity index (χ3n) is 4.44. The molecule has 1 saturated heterocycles. The van der Waals surface area contributed by atoms with Crippen LogP contribution >= 0.6 is 0 Å². The minimum absolute atomic E-state index is 0.0347. The van der Waals surface area contributed by atoms with Crippen LogP contribution in [0.1, 0.15) is 24.8 Å². The first-order valence-corrected chi connectivity index (χ1v) is 9.92. The number of sulfone groups is 1. The zero-order valence-electron chi connectivity index (χ0n) is 13.5. The first-order chi connectivity index (χ1) is 11.5. The molecule has 6 nitrogen and oxygen atoms in total. The van der Waals surface area contributed by atoms with Crippen molar-refractivity contribution in [1.29, 1.82) is 0 Å². The van der Waals surface area contributed by atoms with Crippen LogP contribution in [-0.4, -0.2) is 49.2 Å². The fourth-order valence-corrected chi connectivity index (χ4v) is 4.49. The monoisotopic (exact) mass is 350 g/mol. The predicted octanol–water partition coefficient (Wildman–Crippen LogP) is 1.54. The van der Waals surface area contributed by atoms with Crippen molar-refractivity contribution < 1.29 is 17.9 Å². The highest BCUT2D eigenvalue weighted by Crippen LogP contribution is 2.21. The lowest BCUT2D eigenvalue weighted by molar-refractivity contribution is -0.134. The van der Waals surface area contributed by atoms with Crippen molar-refractivity contribution in [1.82, 2.24) is 9.88 Å². The summed E-state index contributed by atoms with van der Waals surface area (Å²) in [6.07, 6.45) is 7.21. The van der Waals surface area contributed by atoms with Crippen molar-refractivity contribution in [3.63, 3.8) is 0 Å². The van der Waals surface area contributed by atoms with Gasteiger partial charge in [-0.3, -0.25) is 9.78 Å². The number of amides is 1. The van der Waals surface area contributed by atoms with Crippen LogP contribution in [0.4, 0.5) is 0 Å². The lowest BCUT2D eigenvalue weighted by Gasteiger charge is -2.32. The van der Waals surface area contributed by atoms with Gasteiger partial charge in [-0.25, -0.2) is 8.42 Å². The fraction of sp³-hybridized carbons (Fsp3) is 0.529. The predicted molar refractivity (Wildman–Crippen MR) is 89.7 cm³/mol. The molecule has 1 amide bonds. The molecule has 2 aliphatic rings. The number of hydrogen-bond acceptors (Lipinski definition) is 5. The molecule has 0 N–H and O–H groups in total. The van der Waals surface area contributed by atoms with Crippen LogP contribution in [0.3, 0.4) is 0 Å². The number of aromatic nitrogens is 1. The van der Waals surface area contributed by atoms with E-state index in [0.29, 0.717) is 19.7 Å². The van der Waals surface area contributed by atoms with Gasteiger partial charge in [0, 0.05) is 43.2 Å². The number of ether oxygens (including phenoxy) is 1. The maximum absolute atomic E-state index is 12.3. The highest BCUT2D eigenvalue weighted by Gasteiger charge is 2.28. The Bertz CT molecular complexity index is 695. The van der Waals surface area contributed by atoms with Crippen LogP contribution in [-0.2, 0) is 26.0 Å². The van der Waals surface area contributed by atoms with Crippen LogP contribution in [0.25, 0.3) is 0 Å². The van der Waals surface area contributed by atoms with Gasteiger partial charge in [0.25, 0.3) is 0 Å². The van der Waals surface area contributed by atoms with Crippen molar-refractivity contribution in [2.45, 2.75) is 32.0 Å². The third-order valence-corrected chi connectivity index (χ3v) is 5.91. The molecule has 0 radical (unpaired) electrons. The number of piperidine rings is 1. The van der Waals surface area contributed by atoms with Crippen LogP contribution in [0.2, 0.25) is 0 Å². The SMILES string of the molecule is O=C(C[C@@H]1C=CS(=O)(=O)C1)N1CCC(OCc2cccnc2)CC1. The molecule has 1 aromatic heterocycles. The molecule has 1 aromatic rings. The number of allylic oxidation sites excluding steroid dienone is 1. The summed E-state index contributed by atoms with van der Waals surface area (Å²) in [7, 11) is -3.09. The van der Waals surface area contributed by atoms with Crippen molar-refractivity contribution in [2.24, 2.45) is 5.92 Å². The van der Waals surface area contributed by atoms with Gasteiger partial charge in [0.05, 0.1) is 18.5 Å². The molecule has 3 heterocycles. The van der Waals surface area contributed by atoms with Gasteiger partial charge in [0.1, 0.15) is 0 Å². The molecule has 1 fully saturated rings. The van der Waals surface area contributed by atoms with E-state index in [-0.39, 0.29) is 30.1 Å². The van der Waals surface area contributed by atoms with Crippen molar-refractivity contribution in [2.75, 3.05) is 18.8 Å². The van der Waals surface area contributed by atoms with E-state index in [1.807, 2.05) is 17.0 Å². The Balaban J connectivity index is 1.40. The molecule has 0 aliphatic carbocycles. The zero-order chi connectivity index (χ0) is 17.0. The summed E-state index contributed by atoms with van der Waals surface area (Å²) in [5, 5.41) is 1.23. The zero-order valence-corrected chi connectivity index (χ0v) is 14.3. The fourth-order valence-electron chi connectivity index (χ4n) is 3.09. The lowest BCUT2D eigenvalue weighted by Crippen LogP contribution is -2.41. The number of carbonyl (C=O) groups is 1. The van der Waals surface area contributed by atoms with E-state index in [0.717, 1.165) is 18.4 Å². The molecule has 2 aliphatic heterocycles. The van der Waals surface area contributed by atoms with E-state index in [9.17, 15) is 13.2 Å². The van der Waals surface area contributed by atoms with Gasteiger partial charge in [-0.15, -0.1) is 0 Å². The van der Waals surface area contributed by atoms with Gasteiger partial charge in [-0.1, -0.05) is 12.1 Å². The summed E-state index contributed by atoms with van der Waals surface area (Å²) >= 11 is 0. The highest BCUT2D eigenvalue weighted by molar-refractivity contribution is 7.94. The number of nitrogens with zero attached hydrogens (tertiary/aromatic N) is 2. The third kappa shape index (κ3) is 4.64. The van der Waals surface area contributed by atoms with E-state index >= 15 is 0 Å². The average Bonchev–Trinajstić information content (AvgIpc) is 2.93. The van der Waals surface area contributed by atoms with E-state index in [2.05, 4.69) is 4.98 Å².